The van der Waals surface area contributed by atoms with Crippen LogP contribution in [-0.2, 0) is 9.84 Å². The van der Waals surface area contributed by atoms with Crippen LogP contribution in [0.3, 0.4) is 0 Å². The van der Waals surface area contributed by atoms with Crippen molar-refractivity contribution in [3.8, 4) is 0 Å². The third-order valence-electron chi connectivity index (χ3n) is 3.03. The third kappa shape index (κ3) is 4.73. The molecule has 0 spiro atoms. The molecule has 1 N–H and O–H groups in total. The first-order valence-corrected chi connectivity index (χ1v) is 9.11. The molecular formula is C15H11F4NO3S2. The Morgan fingerprint density at radius 3 is 2.12 bits per heavy atom. The van der Waals surface area contributed by atoms with Gasteiger partial charge in [0.2, 0.25) is 9.84 Å². The van der Waals surface area contributed by atoms with E-state index in [1.54, 1.807) is 6.07 Å². The summed E-state index contributed by atoms with van der Waals surface area (Å²) in [4.78, 5) is 11.7. The Balaban J connectivity index is 2.20. The standard InChI is InChI=1S/C15H11F4NO3S2/c16-14(17)24-12-4-2-1-3-11(12)20-13(21)9-5-7-10(8-6-9)25(22,23)15(18)19/h1-8,14-15H,(H,20,21). The summed E-state index contributed by atoms with van der Waals surface area (Å²) < 4.78 is 72.6. The molecule has 25 heavy (non-hydrogen) atoms. The molecular weight excluding hydrogens is 382 g/mol. The van der Waals surface area contributed by atoms with Crippen molar-refractivity contribution >= 4 is 33.2 Å². The molecule has 0 aliphatic heterocycles. The van der Waals surface area contributed by atoms with Gasteiger partial charge in [-0.05, 0) is 36.4 Å². The number of sulfone groups is 1. The number of thioether (sulfide) groups is 1. The number of hydrogen-bond acceptors (Lipinski definition) is 4. The molecule has 0 atom stereocenters. The van der Waals surface area contributed by atoms with Gasteiger partial charge in [0.1, 0.15) is 0 Å². The highest BCUT2D eigenvalue weighted by Crippen LogP contribution is 2.31. The van der Waals surface area contributed by atoms with E-state index in [1.807, 2.05) is 0 Å². The van der Waals surface area contributed by atoms with Crippen LogP contribution < -0.4 is 5.32 Å². The first-order chi connectivity index (χ1) is 11.7. The summed E-state index contributed by atoms with van der Waals surface area (Å²) >= 11 is 0.261. The van der Waals surface area contributed by atoms with Gasteiger partial charge in [-0.15, -0.1) is 0 Å². The molecule has 2 aromatic rings. The Morgan fingerprint density at radius 2 is 1.56 bits per heavy atom. The number of hydrogen-bond donors (Lipinski definition) is 1. The fraction of sp³-hybridized carbons (Fsp3) is 0.133. The summed E-state index contributed by atoms with van der Waals surface area (Å²) in [7, 11) is -4.75. The molecule has 0 bridgehead atoms. The molecule has 2 rings (SSSR count). The van der Waals surface area contributed by atoms with Crippen LogP contribution in [-0.4, -0.2) is 25.8 Å². The second-order valence-corrected chi connectivity index (χ2v) is 7.61. The highest BCUT2D eigenvalue weighted by molar-refractivity contribution is 7.99. The lowest BCUT2D eigenvalue weighted by Crippen LogP contribution is -2.14. The summed E-state index contributed by atoms with van der Waals surface area (Å²) in [6.45, 7) is 0. The molecule has 134 valence electrons. The number of nitrogens with one attached hydrogen (secondary N) is 1. The SMILES string of the molecule is O=C(Nc1ccccc1SC(F)F)c1ccc(S(=O)(=O)C(F)F)cc1. The minimum atomic E-state index is -4.75. The summed E-state index contributed by atoms with van der Waals surface area (Å²) in [6.07, 6.45) is 0. The van der Waals surface area contributed by atoms with E-state index in [9.17, 15) is 30.8 Å². The zero-order chi connectivity index (χ0) is 18.6. The Morgan fingerprint density at radius 1 is 0.960 bits per heavy atom. The predicted octanol–water partition coefficient (Wildman–Crippen LogP) is 4.25. The topological polar surface area (TPSA) is 63.2 Å². The van der Waals surface area contributed by atoms with Crippen molar-refractivity contribution in [3.05, 3.63) is 54.1 Å². The normalized spacial score (nSPS) is 11.8. The lowest BCUT2D eigenvalue weighted by molar-refractivity contribution is 0.102. The van der Waals surface area contributed by atoms with Gasteiger partial charge in [0.05, 0.1) is 10.6 Å². The first-order valence-electron chi connectivity index (χ1n) is 6.69. The van der Waals surface area contributed by atoms with Crippen LogP contribution in [0.4, 0.5) is 23.2 Å². The third-order valence-corrected chi connectivity index (χ3v) is 5.22. The van der Waals surface area contributed by atoms with Crippen molar-refractivity contribution in [1.82, 2.24) is 0 Å². The van der Waals surface area contributed by atoms with E-state index < -0.39 is 32.2 Å². The number of carbonyl (C=O) groups is 1. The first kappa shape index (κ1) is 19.3. The largest absolute Gasteiger partial charge is 0.341 e. The van der Waals surface area contributed by atoms with E-state index in [0.717, 1.165) is 24.3 Å². The second kappa shape index (κ2) is 7.87. The van der Waals surface area contributed by atoms with Crippen LogP contribution in [0.2, 0.25) is 0 Å². The van der Waals surface area contributed by atoms with E-state index in [2.05, 4.69) is 5.32 Å². The fourth-order valence-electron chi connectivity index (χ4n) is 1.86. The monoisotopic (exact) mass is 393 g/mol. The van der Waals surface area contributed by atoms with E-state index in [0.29, 0.717) is 0 Å². The molecule has 0 saturated carbocycles. The van der Waals surface area contributed by atoms with Gasteiger partial charge in [0, 0.05) is 10.5 Å². The number of benzene rings is 2. The Bertz CT molecular complexity index is 855. The Labute approximate surface area is 145 Å². The van der Waals surface area contributed by atoms with Gasteiger partial charge in [-0.1, -0.05) is 23.9 Å². The summed E-state index contributed by atoms with van der Waals surface area (Å²) in [5.41, 5.74) is 0.146. The minimum Gasteiger partial charge on any atom is -0.321 e. The Kier molecular flexibility index (Phi) is 6.07. The van der Waals surface area contributed by atoms with Gasteiger partial charge < -0.3 is 5.32 Å². The lowest BCUT2D eigenvalue weighted by atomic mass is 10.2. The second-order valence-electron chi connectivity index (χ2n) is 4.66. The van der Waals surface area contributed by atoms with Crippen molar-refractivity contribution in [3.63, 3.8) is 0 Å². The summed E-state index contributed by atoms with van der Waals surface area (Å²) in [6, 6.07) is 9.81. The molecule has 0 fully saturated rings. The van der Waals surface area contributed by atoms with Crippen molar-refractivity contribution in [1.29, 1.82) is 0 Å². The van der Waals surface area contributed by atoms with Crippen LogP contribution in [0, 0.1) is 0 Å². The highest BCUT2D eigenvalue weighted by atomic mass is 32.2. The van der Waals surface area contributed by atoms with E-state index in [1.165, 1.54) is 18.2 Å². The fourth-order valence-corrected chi connectivity index (χ4v) is 3.18. The number of anilines is 1. The van der Waals surface area contributed by atoms with Crippen molar-refractivity contribution in [2.45, 2.75) is 21.3 Å². The van der Waals surface area contributed by atoms with Crippen LogP contribution >= 0.6 is 11.8 Å². The van der Waals surface area contributed by atoms with Gasteiger partial charge in [-0.3, -0.25) is 4.79 Å². The van der Waals surface area contributed by atoms with Crippen LogP contribution in [0.15, 0.2) is 58.3 Å². The average molecular weight is 393 g/mol. The maximum Gasteiger partial charge on any atom is 0.341 e. The molecule has 2 aromatic carbocycles. The number of rotatable bonds is 6. The minimum absolute atomic E-state index is 0.00920. The maximum atomic E-state index is 12.5. The molecule has 4 nitrogen and oxygen atoms in total. The molecule has 0 saturated heterocycles. The van der Waals surface area contributed by atoms with Gasteiger partial charge in [-0.2, -0.15) is 17.6 Å². The lowest BCUT2D eigenvalue weighted by Gasteiger charge is -2.10. The van der Waals surface area contributed by atoms with Gasteiger partial charge in [0.25, 0.3) is 11.7 Å². The number of halogens is 4. The number of alkyl halides is 4. The van der Waals surface area contributed by atoms with Gasteiger partial charge >= 0.3 is 5.76 Å². The summed E-state index contributed by atoms with van der Waals surface area (Å²) in [5, 5.41) is 2.42. The van der Waals surface area contributed by atoms with Gasteiger partial charge in [0.15, 0.2) is 0 Å². The quantitative estimate of drug-likeness (QED) is 0.589. The highest BCUT2D eigenvalue weighted by Gasteiger charge is 2.26. The van der Waals surface area contributed by atoms with E-state index in [-0.39, 0.29) is 27.9 Å². The average Bonchev–Trinajstić information content (AvgIpc) is 2.56. The van der Waals surface area contributed by atoms with Crippen LogP contribution in [0.1, 0.15) is 10.4 Å². The molecule has 0 aliphatic rings. The van der Waals surface area contributed by atoms with Crippen molar-refractivity contribution in [2.75, 3.05) is 5.32 Å². The molecule has 0 aromatic heterocycles. The zero-order valence-corrected chi connectivity index (χ0v) is 14.0. The molecule has 1 amide bonds. The Hall–Kier alpha value is -2.07. The summed E-state index contributed by atoms with van der Waals surface area (Å²) in [5.74, 6) is -6.93. The van der Waals surface area contributed by atoms with Crippen LogP contribution in [0.5, 0.6) is 0 Å². The van der Waals surface area contributed by atoms with E-state index in [4.69, 9.17) is 0 Å². The van der Waals surface area contributed by atoms with Gasteiger partial charge in [-0.25, -0.2) is 8.42 Å². The molecule has 0 aliphatic carbocycles. The number of carbonyl (C=O) groups excluding carboxylic acids is 1. The number of amides is 1. The molecule has 0 heterocycles. The predicted molar refractivity (Wildman–Crippen MR) is 85.9 cm³/mol. The number of para-hydroxylation sites is 1. The maximum absolute atomic E-state index is 12.5. The molecule has 0 unspecified atom stereocenters. The van der Waals surface area contributed by atoms with Crippen LogP contribution in [0.25, 0.3) is 0 Å². The van der Waals surface area contributed by atoms with Crippen molar-refractivity contribution < 1.29 is 30.8 Å². The smallest absolute Gasteiger partial charge is 0.321 e. The molecule has 10 heteroatoms. The van der Waals surface area contributed by atoms with Crippen molar-refractivity contribution in [2.24, 2.45) is 0 Å². The zero-order valence-electron chi connectivity index (χ0n) is 12.3. The molecule has 0 radical (unpaired) electrons. The van der Waals surface area contributed by atoms with E-state index >= 15 is 0 Å².